The van der Waals surface area contributed by atoms with Gasteiger partial charge in [-0.2, -0.15) is 5.10 Å². The van der Waals surface area contributed by atoms with Crippen molar-refractivity contribution in [2.75, 3.05) is 19.7 Å². The first-order chi connectivity index (χ1) is 10.3. The third-order valence-corrected chi connectivity index (χ3v) is 3.41. The zero-order valence-electron chi connectivity index (χ0n) is 11.9. The number of morpholine rings is 1. The van der Waals surface area contributed by atoms with Crippen LogP contribution in [0.5, 0.6) is 0 Å². The highest BCUT2D eigenvalue weighted by Gasteiger charge is 2.29. The smallest absolute Gasteiger partial charge is 0.289 e. The van der Waals surface area contributed by atoms with Crippen molar-refractivity contribution >= 4 is 5.91 Å². The van der Waals surface area contributed by atoms with E-state index in [2.05, 4.69) is 22.1 Å². The molecule has 7 heteroatoms. The van der Waals surface area contributed by atoms with Crippen molar-refractivity contribution in [3.8, 4) is 0 Å². The fourth-order valence-corrected chi connectivity index (χ4v) is 2.35. The molecule has 0 spiro atoms. The van der Waals surface area contributed by atoms with Crippen molar-refractivity contribution in [1.82, 2.24) is 20.1 Å². The summed E-state index contributed by atoms with van der Waals surface area (Å²) in [7, 11) is 0. The number of hydrogen-bond donors (Lipinski definition) is 1. The summed E-state index contributed by atoms with van der Waals surface area (Å²) in [6.45, 7) is 3.53. The Kier molecular flexibility index (Phi) is 4.01. The maximum Gasteiger partial charge on any atom is 0.289 e. The van der Waals surface area contributed by atoms with Gasteiger partial charge in [-0.3, -0.25) is 9.89 Å². The summed E-state index contributed by atoms with van der Waals surface area (Å²) in [4.78, 5) is 18.4. The number of aromatic nitrogens is 3. The molecule has 2 aromatic rings. The highest BCUT2D eigenvalue weighted by molar-refractivity contribution is 5.91. The molecule has 1 aliphatic rings. The van der Waals surface area contributed by atoms with Crippen LogP contribution in [0.3, 0.4) is 0 Å². The van der Waals surface area contributed by atoms with Crippen LogP contribution in [0.1, 0.15) is 41.7 Å². The normalized spacial score (nSPS) is 18.9. The van der Waals surface area contributed by atoms with Crippen LogP contribution in [0.15, 0.2) is 22.8 Å². The molecule has 7 nitrogen and oxygen atoms in total. The van der Waals surface area contributed by atoms with Gasteiger partial charge < -0.3 is 14.1 Å². The third kappa shape index (κ3) is 2.97. The Hall–Kier alpha value is -2.15. The van der Waals surface area contributed by atoms with E-state index in [1.807, 2.05) is 0 Å². The second-order valence-corrected chi connectivity index (χ2v) is 4.98. The number of aryl methyl sites for hydroxylation is 1. The predicted molar refractivity (Wildman–Crippen MR) is 73.7 cm³/mol. The lowest BCUT2D eigenvalue weighted by Gasteiger charge is -2.31. The lowest BCUT2D eigenvalue weighted by Crippen LogP contribution is -2.42. The van der Waals surface area contributed by atoms with Gasteiger partial charge in [-0.15, -0.1) is 0 Å². The van der Waals surface area contributed by atoms with Crippen LogP contribution in [0.4, 0.5) is 0 Å². The molecule has 1 atom stereocenters. The maximum absolute atomic E-state index is 12.3. The number of carbonyl (C=O) groups is 1. The lowest BCUT2D eigenvalue weighted by molar-refractivity contribution is -0.0275. The topological polar surface area (TPSA) is 84.2 Å². The summed E-state index contributed by atoms with van der Waals surface area (Å²) in [6, 6.07) is 3.37. The minimum absolute atomic E-state index is 0.127. The lowest BCUT2D eigenvalue weighted by atomic mass is 10.2. The van der Waals surface area contributed by atoms with Gasteiger partial charge >= 0.3 is 0 Å². The fourth-order valence-electron chi connectivity index (χ4n) is 2.35. The maximum atomic E-state index is 12.3. The van der Waals surface area contributed by atoms with Crippen LogP contribution in [-0.4, -0.2) is 45.7 Å². The molecule has 1 saturated heterocycles. The molecule has 2 aromatic heterocycles. The first-order valence-corrected chi connectivity index (χ1v) is 7.13. The molecule has 0 saturated carbocycles. The van der Waals surface area contributed by atoms with E-state index in [1.165, 1.54) is 6.26 Å². The second kappa shape index (κ2) is 6.09. The summed E-state index contributed by atoms with van der Waals surface area (Å²) in [5, 5.41) is 7.10. The number of carbonyl (C=O) groups excluding carboxylic acids is 1. The molecule has 0 aromatic carbocycles. The predicted octanol–water partition coefficient (Wildman–Crippen LogP) is 1.56. The number of furan rings is 1. The molecular weight excluding hydrogens is 272 g/mol. The van der Waals surface area contributed by atoms with E-state index in [1.54, 1.807) is 17.0 Å². The number of rotatable bonds is 4. The minimum atomic E-state index is -0.292. The average molecular weight is 290 g/mol. The first kappa shape index (κ1) is 13.8. The van der Waals surface area contributed by atoms with Gasteiger partial charge in [0.1, 0.15) is 11.9 Å². The Morgan fingerprint density at radius 1 is 1.57 bits per heavy atom. The molecule has 1 fully saturated rings. The van der Waals surface area contributed by atoms with Gasteiger partial charge in [-0.05, 0) is 18.6 Å². The van der Waals surface area contributed by atoms with Gasteiger partial charge in [0.15, 0.2) is 11.6 Å². The molecule has 112 valence electrons. The van der Waals surface area contributed by atoms with Crippen LogP contribution in [-0.2, 0) is 11.2 Å². The SMILES string of the molecule is CCCc1nc([C@@H]2CN(C(=O)c3ccco3)CCO2)n[nH]1. The van der Waals surface area contributed by atoms with E-state index in [0.29, 0.717) is 31.3 Å². The average Bonchev–Trinajstić information content (AvgIpc) is 3.18. The number of amides is 1. The zero-order valence-corrected chi connectivity index (χ0v) is 11.9. The highest BCUT2D eigenvalue weighted by atomic mass is 16.5. The Bertz CT molecular complexity index is 593. The van der Waals surface area contributed by atoms with Gasteiger partial charge in [0.2, 0.25) is 0 Å². The molecule has 21 heavy (non-hydrogen) atoms. The van der Waals surface area contributed by atoms with Crippen molar-refractivity contribution in [3.63, 3.8) is 0 Å². The fraction of sp³-hybridized carbons (Fsp3) is 0.500. The van der Waals surface area contributed by atoms with E-state index < -0.39 is 0 Å². The quantitative estimate of drug-likeness (QED) is 0.923. The minimum Gasteiger partial charge on any atom is -0.459 e. The number of H-pyrrole nitrogens is 1. The molecule has 0 unspecified atom stereocenters. The molecule has 0 bridgehead atoms. The second-order valence-electron chi connectivity index (χ2n) is 4.98. The summed E-state index contributed by atoms with van der Waals surface area (Å²) in [6.07, 6.45) is 3.06. The number of nitrogens with zero attached hydrogens (tertiary/aromatic N) is 3. The molecule has 1 N–H and O–H groups in total. The molecule has 1 aliphatic heterocycles. The Morgan fingerprint density at radius 2 is 2.48 bits per heavy atom. The molecule has 0 radical (unpaired) electrons. The van der Waals surface area contributed by atoms with Gasteiger partial charge in [-0.25, -0.2) is 4.98 Å². The molecule has 1 amide bonds. The van der Waals surface area contributed by atoms with E-state index in [9.17, 15) is 4.79 Å². The van der Waals surface area contributed by atoms with E-state index in [4.69, 9.17) is 9.15 Å². The van der Waals surface area contributed by atoms with Crippen molar-refractivity contribution in [3.05, 3.63) is 35.8 Å². The number of hydrogen-bond acceptors (Lipinski definition) is 5. The largest absolute Gasteiger partial charge is 0.459 e. The summed E-state index contributed by atoms with van der Waals surface area (Å²) in [5.74, 6) is 1.68. The number of ether oxygens (including phenoxy) is 1. The number of nitrogens with one attached hydrogen (secondary N) is 1. The first-order valence-electron chi connectivity index (χ1n) is 7.13. The molecule has 3 heterocycles. The van der Waals surface area contributed by atoms with E-state index >= 15 is 0 Å². The van der Waals surface area contributed by atoms with Crippen LogP contribution in [0.2, 0.25) is 0 Å². The molecule has 3 rings (SSSR count). The summed E-state index contributed by atoms with van der Waals surface area (Å²) < 4.78 is 10.8. The van der Waals surface area contributed by atoms with Crippen molar-refractivity contribution in [1.29, 1.82) is 0 Å². The Morgan fingerprint density at radius 3 is 3.24 bits per heavy atom. The van der Waals surface area contributed by atoms with E-state index in [0.717, 1.165) is 18.7 Å². The van der Waals surface area contributed by atoms with Crippen LogP contribution in [0.25, 0.3) is 0 Å². The molecule has 0 aliphatic carbocycles. The summed E-state index contributed by atoms with van der Waals surface area (Å²) >= 11 is 0. The van der Waals surface area contributed by atoms with Crippen LogP contribution < -0.4 is 0 Å². The van der Waals surface area contributed by atoms with Gasteiger partial charge in [0, 0.05) is 13.0 Å². The zero-order chi connectivity index (χ0) is 14.7. The van der Waals surface area contributed by atoms with Gasteiger partial charge in [0.05, 0.1) is 19.4 Å². The third-order valence-electron chi connectivity index (χ3n) is 3.41. The Labute approximate surface area is 122 Å². The van der Waals surface area contributed by atoms with Gasteiger partial charge in [0.25, 0.3) is 5.91 Å². The number of aromatic amines is 1. The molecular formula is C14H18N4O3. The van der Waals surface area contributed by atoms with Crippen molar-refractivity contribution < 1.29 is 13.9 Å². The highest BCUT2D eigenvalue weighted by Crippen LogP contribution is 2.21. The van der Waals surface area contributed by atoms with Crippen molar-refractivity contribution in [2.45, 2.75) is 25.9 Å². The summed E-state index contributed by atoms with van der Waals surface area (Å²) in [5.41, 5.74) is 0. The standard InChI is InChI=1S/C14H18N4O3/c1-2-4-12-15-13(17-16-12)11-9-18(6-8-21-11)14(19)10-5-3-7-20-10/h3,5,7,11H,2,4,6,8-9H2,1H3,(H,15,16,17)/t11-/m0/s1. The van der Waals surface area contributed by atoms with Crippen molar-refractivity contribution in [2.24, 2.45) is 0 Å². The van der Waals surface area contributed by atoms with Gasteiger partial charge in [-0.1, -0.05) is 6.92 Å². The monoisotopic (exact) mass is 290 g/mol. The van der Waals surface area contributed by atoms with Crippen LogP contribution in [0, 0.1) is 0 Å². The Balaban J connectivity index is 1.69. The van der Waals surface area contributed by atoms with Crippen LogP contribution >= 0.6 is 0 Å². The van der Waals surface area contributed by atoms with E-state index in [-0.39, 0.29) is 12.0 Å².